The van der Waals surface area contributed by atoms with Crippen LogP contribution < -0.4 is 4.90 Å². The number of aromatic hydroxyl groups is 1. The molecule has 2 atom stereocenters. The van der Waals surface area contributed by atoms with Crippen molar-refractivity contribution in [2.45, 2.75) is 29.8 Å². The number of phenols is 1. The number of nitrogens with zero attached hydrogens (tertiary/aromatic N) is 2. The van der Waals surface area contributed by atoms with Crippen molar-refractivity contribution in [2.24, 2.45) is 0 Å². The van der Waals surface area contributed by atoms with Crippen molar-refractivity contribution in [1.82, 2.24) is 4.90 Å². The molecule has 0 aliphatic carbocycles. The predicted molar refractivity (Wildman–Crippen MR) is 108 cm³/mol. The SMILES string of the molecule is O=C(c1ccc(F)cc1Cl)N1CC2CCC(C1)N2c1cc(S(=O)(=O)Cl)cc(F)c1O. The highest BCUT2D eigenvalue weighted by atomic mass is 35.7. The van der Waals surface area contributed by atoms with E-state index >= 15 is 0 Å². The number of hydrogen-bond acceptors (Lipinski definition) is 5. The maximum atomic E-state index is 14.2. The summed E-state index contributed by atoms with van der Waals surface area (Å²) in [5.74, 6) is -2.67. The predicted octanol–water partition coefficient (Wildman–Crippen LogP) is 3.74. The molecule has 0 saturated carbocycles. The van der Waals surface area contributed by atoms with Gasteiger partial charge in [-0.1, -0.05) is 11.6 Å². The van der Waals surface area contributed by atoms with Crippen molar-refractivity contribution in [3.05, 3.63) is 52.6 Å². The maximum absolute atomic E-state index is 14.2. The quantitative estimate of drug-likeness (QED) is 0.682. The number of phenolic OH excluding ortho intramolecular Hbond substituents is 1. The second-order valence-corrected chi connectivity index (χ2v) is 10.3. The van der Waals surface area contributed by atoms with E-state index in [1.54, 1.807) is 9.80 Å². The Hall–Kier alpha value is -2.10. The highest BCUT2D eigenvalue weighted by Crippen LogP contribution is 2.42. The minimum atomic E-state index is -4.20. The van der Waals surface area contributed by atoms with Gasteiger partial charge in [-0.05, 0) is 43.2 Å². The highest BCUT2D eigenvalue weighted by Gasteiger charge is 2.43. The van der Waals surface area contributed by atoms with Crippen molar-refractivity contribution in [1.29, 1.82) is 0 Å². The van der Waals surface area contributed by atoms with E-state index in [4.69, 9.17) is 22.3 Å². The number of hydrogen-bond donors (Lipinski definition) is 1. The summed E-state index contributed by atoms with van der Waals surface area (Å²) in [6, 6.07) is 4.81. The summed E-state index contributed by atoms with van der Waals surface area (Å²) in [5, 5.41) is 10.2. The first-order valence-electron chi connectivity index (χ1n) is 9.06. The second-order valence-electron chi connectivity index (χ2n) is 7.34. The van der Waals surface area contributed by atoms with E-state index in [0.29, 0.717) is 18.9 Å². The molecule has 1 amide bonds. The summed E-state index contributed by atoms with van der Waals surface area (Å²) < 4.78 is 50.8. The number of amides is 1. The molecule has 160 valence electrons. The van der Waals surface area contributed by atoms with Crippen LogP contribution in [0.25, 0.3) is 0 Å². The Balaban J connectivity index is 1.64. The van der Waals surface area contributed by atoms with Crippen molar-refractivity contribution >= 4 is 42.9 Å². The largest absolute Gasteiger partial charge is 0.503 e. The lowest BCUT2D eigenvalue weighted by Crippen LogP contribution is -2.55. The molecule has 6 nitrogen and oxygen atoms in total. The Morgan fingerprint density at radius 1 is 1.10 bits per heavy atom. The normalized spacial score (nSPS) is 21.2. The van der Waals surface area contributed by atoms with Crippen molar-refractivity contribution in [2.75, 3.05) is 18.0 Å². The third-order valence-corrected chi connectivity index (χ3v) is 7.15. The number of halogens is 4. The molecule has 2 heterocycles. The number of piperazine rings is 1. The Kier molecular flexibility index (Phi) is 5.32. The average Bonchev–Trinajstić information content (AvgIpc) is 2.91. The van der Waals surface area contributed by atoms with E-state index < -0.39 is 31.3 Å². The van der Waals surface area contributed by atoms with E-state index in [9.17, 15) is 27.1 Å². The first kappa shape index (κ1) is 21.1. The van der Waals surface area contributed by atoms with Gasteiger partial charge in [-0.3, -0.25) is 4.79 Å². The molecule has 2 fully saturated rings. The van der Waals surface area contributed by atoms with Crippen LogP contribution in [0.4, 0.5) is 14.5 Å². The van der Waals surface area contributed by atoms with Crippen molar-refractivity contribution in [3.8, 4) is 5.75 Å². The molecule has 4 rings (SSSR count). The summed E-state index contributed by atoms with van der Waals surface area (Å²) in [4.78, 5) is 15.8. The van der Waals surface area contributed by atoms with Gasteiger partial charge in [0.05, 0.1) is 21.2 Å². The lowest BCUT2D eigenvalue weighted by atomic mass is 10.1. The third-order valence-electron chi connectivity index (χ3n) is 5.51. The fourth-order valence-electron chi connectivity index (χ4n) is 4.19. The van der Waals surface area contributed by atoms with Gasteiger partial charge in [0.2, 0.25) is 0 Å². The zero-order valence-corrected chi connectivity index (χ0v) is 17.7. The summed E-state index contributed by atoms with van der Waals surface area (Å²) in [7, 11) is 1.15. The highest BCUT2D eigenvalue weighted by molar-refractivity contribution is 8.13. The van der Waals surface area contributed by atoms with Crippen LogP contribution in [-0.4, -0.2) is 49.5 Å². The minimum absolute atomic E-state index is 0.00881. The van der Waals surface area contributed by atoms with Gasteiger partial charge in [0.25, 0.3) is 15.0 Å². The van der Waals surface area contributed by atoms with Crippen molar-refractivity contribution in [3.63, 3.8) is 0 Å². The van der Waals surface area contributed by atoms with Crippen LogP contribution in [0.2, 0.25) is 5.02 Å². The van der Waals surface area contributed by atoms with E-state index in [1.165, 1.54) is 6.07 Å². The van der Waals surface area contributed by atoms with Crippen LogP contribution in [0, 0.1) is 11.6 Å². The molecule has 2 unspecified atom stereocenters. The maximum Gasteiger partial charge on any atom is 0.261 e. The molecular weight excluding hydrogens is 461 g/mol. The van der Waals surface area contributed by atoms with Gasteiger partial charge in [-0.15, -0.1) is 0 Å². The smallest absolute Gasteiger partial charge is 0.261 e. The molecule has 2 saturated heterocycles. The number of anilines is 1. The molecule has 2 aromatic rings. The molecule has 2 aliphatic heterocycles. The molecule has 2 aromatic carbocycles. The molecule has 0 spiro atoms. The third kappa shape index (κ3) is 3.70. The first-order valence-corrected chi connectivity index (χ1v) is 11.7. The number of carbonyl (C=O) groups excluding carboxylic acids is 1. The fraction of sp³-hybridized carbons (Fsp3) is 0.316. The van der Waals surface area contributed by atoms with E-state index in [1.807, 2.05) is 0 Å². The summed E-state index contributed by atoms with van der Waals surface area (Å²) in [5.41, 5.74) is 0.198. The molecular formula is C19H16Cl2F2N2O4S. The van der Waals surface area contributed by atoms with Crippen LogP contribution in [0.15, 0.2) is 35.2 Å². The van der Waals surface area contributed by atoms with Gasteiger partial charge in [-0.25, -0.2) is 17.2 Å². The van der Waals surface area contributed by atoms with Gasteiger partial charge in [-0.2, -0.15) is 0 Å². The molecule has 30 heavy (non-hydrogen) atoms. The van der Waals surface area contributed by atoms with Crippen LogP contribution in [0.3, 0.4) is 0 Å². The Labute approximate surface area is 181 Å². The Morgan fingerprint density at radius 3 is 2.30 bits per heavy atom. The van der Waals surface area contributed by atoms with E-state index in [-0.39, 0.29) is 47.4 Å². The number of carbonyl (C=O) groups is 1. The molecule has 2 bridgehead atoms. The number of likely N-dealkylation sites (tertiary alicyclic amines) is 1. The number of fused-ring (bicyclic) bond motifs is 2. The van der Waals surface area contributed by atoms with Crippen molar-refractivity contribution < 1.29 is 27.1 Å². The first-order chi connectivity index (χ1) is 14.1. The number of benzene rings is 2. The molecule has 0 aromatic heterocycles. The van der Waals surface area contributed by atoms with Gasteiger partial charge >= 0.3 is 0 Å². The van der Waals surface area contributed by atoms with Gasteiger partial charge < -0.3 is 14.9 Å². The summed E-state index contributed by atoms with van der Waals surface area (Å²) in [6.07, 6.45) is 1.31. The lowest BCUT2D eigenvalue weighted by Gasteiger charge is -2.42. The van der Waals surface area contributed by atoms with Crippen LogP contribution in [0.5, 0.6) is 5.75 Å². The van der Waals surface area contributed by atoms with Gasteiger partial charge in [0, 0.05) is 35.9 Å². The zero-order valence-electron chi connectivity index (χ0n) is 15.4. The van der Waals surface area contributed by atoms with Crippen LogP contribution in [0.1, 0.15) is 23.2 Å². The van der Waals surface area contributed by atoms with Gasteiger partial charge in [0.1, 0.15) is 5.82 Å². The van der Waals surface area contributed by atoms with Crippen LogP contribution in [-0.2, 0) is 9.05 Å². The molecule has 2 aliphatic rings. The number of rotatable bonds is 3. The summed E-state index contributed by atoms with van der Waals surface area (Å²) >= 11 is 6.01. The van der Waals surface area contributed by atoms with Crippen LogP contribution >= 0.6 is 22.3 Å². The van der Waals surface area contributed by atoms with Gasteiger partial charge in [0.15, 0.2) is 11.6 Å². The minimum Gasteiger partial charge on any atom is -0.503 e. The van der Waals surface area contributed by atoms with E-state index in [0.717, 1.165) is 18.2 Å². The molecule has 1 N–H and O–H groups in total. The fourth-order valence-corrected chi connectivity index (χ4v) is 5.21. The van der Waals surface area contributed by atoms with E-state index in [2.05, 4.69) is 0 Å². The topological polar surface area (TPSA) is 77.9 Å². The standard InChI is InChI=1S/C19H16Cl2F2N2O4S/c20-15-5-10(22)1-4-14(15)19(27)24-8-11-2-3-12(9-24)25(11)17-7-13(30(21,28)29)6-16(23)18(17)26/h1,4-7,11-12,26H,2-3,8-9H2. The molecule has 11 heteroatoms. The monoisotopic (exact) mass is 476 g/mol. The second kappa shape index (κ2) is 7.55. The lowest BCUT2D eigenvalue weighted by molar-refractivity contribution is 0.0718. The Morgan fingerprint density at radius 2 is 1.73 bits per heavy atom. The molecule has 0 radical (unpaired) electrons. The zero-order chi connectivity index (χ0) is 21.8. The average molecular weight is 477 g/mol. The Bertz CT molecular complexity index is 1130. The summed E-state index contributed by atoms with van der Waals surface area (Å²) in [6.45, 7) is 0.504.